The molecule has 1 aliphatic heterocycles. The molecule has 3 aromatic rings. The minimum atomic E-state index is -0.165. The first kappa shape index (κ1) is 19.6. The smallest absolute Gasteiger partial charge is 0.272 e. The second-order valence-corrected chi connectivity index (χ2v) is 8.44. The van der Waals surface area contributed by atoms with Crippen molar-refractivity contribution >= 4 is 44.7 Å². The molecule has 0 spiro atoms. The van der Waals surface area contributed by atoms with Crippen LogP contribution in [0.25, 0.3) is 10.2 Å². The predicted molar refractivity (Wildman–Crippen MR) is 116 cm³/mol. The molecule has 3 N–H and O–H groups in total. The lowest BCUT2D eigenvalue weighted by atomic mass is 10.2. The second-order valence-electron chi connectivity index (χ2n) is 7.18. The number of rotatable bonds is 5. The number of hydrogen-bond donors (Lipinski definition) is 3. The highest BCUT2D eigenvalue weighted by Crippen LogP contribution is 2.32. The average molecular weight is 413 g/mol. The lowest BCUT2D eigenvalue weighted by Crippen LogP contribution is -2.36. The third kappa shape index (κ3) is 4.50. The first-order chi connectivity index (χ1) is 14.0. The zero-order chi connectivity index (χ0) is 20.4. The van der Waals surface area contributed by atoms with Crippen LogP contribution in [-0.4, -0.2) is 48.0 Å². The molecule has 0 bridgehead atoms. The summed E-state index contributed by atoms with van der Waals surface area (Å²) in [5.41, 5.74) is 4.01. The summed E-state index contributed by atoms with van der Waals surface area (Å²) in [4.78, 5) is 31.0. The number of thiophene rings is 1. The molecule has 0 unspecified atom stereocenters. The molecule has 0 saturated carbocycles. The van der Waals surface area contributed by atoms with Gasteiger partial charge in [-0.25, -0.2) is 0 Å². The fourth-order valence-electron chi connectivity index (χ4n) is 3.52. The molecule has 2 amide bonds. The van der Waals surface area contributed by atoms with Gasteiger partial charge in [0, 0.05) is 48.4 Å². The van der Waals surface area contributed by atoms with Gasteiger partial charge in [-0.1, -0.05) is 0 Å². The molecule has 3 heterocycles. The van der Waals surface area contributed by atoms with Crippen molar-refractivity contribution in [1.82, 2.24) is 9.88 Å². The molecule has 7 nitrogen and oxygen atoms in total. The van der Waals surface area contributed by atoms with Crippen molar-refractivity contribution in [2.24, 2.45) is 0 Å². The number of benzene rings is 1. The minimum absolute atomic E-state index is 0.128. The summed E-state index contributed by atoms with van der Waals surface area (Å²) in [6.07, 6.45) is 0. The SMILES string of the molecule is CC(=O)Nc1ccc(NC(=O)c2[nH]c3cc(C)sc3c2CN2CCOCC2)cc1. The molecule has 1 aliphatic rings. The lowest BCUT2D eigenvalue weighted by molar-refractivity contribution is -0.114. The van der Waals surface area contributed by atoms with Crippen LogP contribution in [0.15, 0.2) is 30.3 Å². The van der Waals surface area contributed by atoms with Gasteiger partial charge in [0.05, 0.1) is 23.4 Å². The van der Waals surface area contributed by atoms with E-state index in [2.05, 4.69) is 33.5 Å². The standard InChI is InChI=1S/C21H24N4O3S/c1-13-11-18-20(29-13)17(12-25-7-9-28-10-8-25)19(24-18)21(27)23-16-5-3-15(4-6-16)22-14(2)26/h3-6,11,24H,7-10,12H2,1-2H3,(H,22,26)(H,23,27). The van der Waals surface area contributed by atoms with Gasteiger partial charge in [0.15, 0.2) is 0 Å². The average Bonchev–Trinajstić information content (AvgIpc) is 3.21. The zero-order valence-corrected chi connectivity index (χ0v) is 17.3. The van der Waals surface area contributed by atoms with Crippen molar-refractivity contribution in [3.05, 3.63) is 46.5 Å². The highest BCUT2D eigenvalue weighted by molar-refractivity contribution is 7.19. The van der Waals surface area contributed by atoms with Crippen LogP contribution in [0.5, 0.6) is 0 Å². The van der Waals surface area contributed by atoms with E-state index in [4.69, 9.17) is 4.74 Å². The van der Waals surface area contributed by atoms with E-state index in [9.17, 15) is 9.59 Å². The van der Waals surface area contributed by atoms with Gasteiger partial charge >= 0.3 is 0 Å². The number of anilines is 2. The molecule has 29 heavy (non-hydrogen) atoms. The Hall–Kier alpha value is -2.68. The number of hydrogen-bond acceptors (Lipinski definition) is 5. The third-order valence-electron chi connectivity index (χ3n) is 4.87. The van der Waals surface area contributed by atoms with Crippen molar-refractivity contribution < 1.29 is 14.3 Å². The Morgan fingerprint density at radius 2 is 1.79 bits per heavy atom. The second kappa shape index (κ2) is 8.36. The van der Waals surface area contributed by atoms with Gasteiger partial charge in [0.2, 0.25) is 5.91 Å². The van der Waals surface area contributed by atoms with Gasteiger partial charge in [0.25, 0.3) is 5.91 Å². The molecule has 152 valence electrons. The largest absolute Gasteiger partial charge is 0.379 e. The van der Waals surface area contributed by atoms with Crippen molar-refractivity contribution in [2.75, 3.05) is 36.9 Å². The molecule has 0 radical (unpaired) electrons. The number of nitrogens with one attached hydrogen (secondary N) is 3. The van der Waals surface area contributed by atoms with Gasteiger partial charge in [-0.05, 0) is 37.3 Å². The van der Waals surface area contributed by atoms with Crippen LogP contribution in [0.2, 0.25) is 0 Å². The predicted octanol–water partition coefficient (Wildman–Crippen LogP) is 3.58. The fraction of sp³-hybridized carbons (Fsp3) is 0.333. The summed E-state index contributed by atoms with van der Waals surface area (Å²) in [5, 5.41) is 5.68. The van der Waals surface area contributed by atoms with Crippen molar-refractivity contribution in [3.63, 3.8) is 0 Å². The number of morpholine rings is 1. The Bertz CT molecular complexity index is 1030. The van der Waals surface area contributed by atoms with E-state index in [1.54, 1.807) is 35.6 Å². The number of H-pyrrole nitrogens is 1. The van der Waals surface area contributed by atoms with Gasteiger partial charge in [-0.15, -0.1) is 11.3 Å². The highest BCUT2D eigenvalue weighted by atomic mass is 32.1. The number of nitrogens with zero attached hydrogens (tertiary/aromatic N) is 1. The molecule has 1 saturated heterocycles. The van der Waals surface area contributed by atoms with Crippen LogP contribution in [0, 0.1) is 6.92 Å². The lowest BCUT2D eigenvalue weighted by Gasteiger charge is -2.26. The molecule has 4 rings (SSSR count). The summed E-state index contributed by atoms with van der Waals surface area (Å²) < 4.78 is 6.59. The maximum Gasteiger partial charge on any atom is 0.272 e. The molecule has 2 aromatic heterocycles. The molecule has 8 heteroatoms. The molecular weight excluding hydrogens is 388 g/mol. The van der Waals surface area contributed by atoms with E-state index in [1.807, 2.05) is 0 Å². The molecule has 0 aliphatic carbocycles. The number of fused-ring (bicyclic) bond motifs is 1. The Kier molecular flexibility index (Phi) is 5.66. The fourth-order valence-corrected chi connectivity index (χ4v) is 4.52. The summed E-state index contributed by atoms with van der Waals surface area (Å²) in [6.45, 7) is 7.43. The number of aromatic amines is 1. The summed E-state index contributed by atoms with van der Waals surface area (Å²) in [5.74, 6) is -0.294. The van der Waals surface area contributed by atoms with E-state index < -0.39 is 0 Å². The normalized spacial score (nSPS) is 14.8. The van der Waals surface area contributed by atoms with Gasteiger partial charge < -0.3 is 20.4 Å². The number of aromatic nitrogens is 1. The first-order valence-corrected chi connectivity index (χ1v) is 10.4. The number of ether oxygens (including phenoxy) is 1. The van der Waals surface area contributed by atoms with Crippen LogP contribution >= 0.6 is 11.3 Å². The zero-order valence-electron chi connectivity index (χ0n) is 16.5. The topological polar surface area (TPSA) is 86.5 Å². The third-order valence-corrected chi connectivity index (χ3v) is 5.98. The maximum atomic E-state index is 13.0. The van der Waals surface area contributed by atoms with Gasteiger partial charge in [-0.3, -0.25) is 14.5 Å². The summed E-state index contributed by atoms with van der Waals surface area (Å²) in [7, 11) is 0. The Labute approximate surface area is 173 Å². The minimum Gasteiger partial charge on any atom is -0.379 e. The van der Waals surface area contributed by atoms with Crippen LogP contribution < -0.4 is 10.6 Å². The monoisotopic (exact) mass is 412 g/mol. The maximum absolute atomic E-state index is 13.0. The van der Waals surface area contributed by atoms with Crippen LogP contribution in [0.3, 0.4) is 0 Å². The van der Waals surface area contributed by atoms with Crippen molar-refractivity contribution in [3.8, 4) is 0 Å². The quantitative estimate of drug-likeness (QED) is 0.598. The molecule has 1 fully saturated rings. The van der Waals surface area contributed by atoms with Crippen LogP contribution in [-0.2, 0) is 16.1 Å². The van der Waals surface area contributed by atoms with Gasteiger partial charge in [-0.2, -0.15) is 0 Å². The Morgan fingerprint density at radius 1 is 1.14 bits per heavy atom. The van der Waals surface area contributed by atoms with Crippen LogP contribution in [0.1, 0.15) is 27.9 Å². The first-order valence-electron chi connectivity index (χ1n) is 9.59. The van der Waals surface area contributed by atoms with E-state index in [0.29, 0.717) is 23.6 Å². The van der Waals surface area contributed by atoms with E-state index >= 15 is 0 Å². The highest BCUT2D eigenvalue weighted by Gasteiger charge is 2.22. The Morgan fingerprint density at radius 3 is 2.45 bits per heavy atom. The van der Waals surface area contributed by atoms with Crippen molar-refractivity contribution in [2.45, 2.75) is 20.4 Å². The van der Waals surface area contributed by atoms with Crippen molar-refractivity contribution in [1.29, 1.82) is 0 Å². The molecular formula is C21H24N4O3S. The van der Waals surface area contributed by atoms with Crippen LogP contribution in [0.4, 0.5) is 11.4 Å². The van der Waals surface area contributed by atoms with E-state index in [1.165, 1.54) is 11.8 Å². The number of amides is 2. The molecule has 1 aromatic carbocycles. The number of carbonyl (C=O) groups is 2. The van der Waals surface area contributed by atoms with E-state index in [-0.39, 0.29) is 11.8 Å². The summed E-state index contributed by atoms with van der Waals surface area (Å²) >= 11 is 1.71. The number of carbonyl (C=O) groups excluding carboxylic acids is 2. The van der Waals surface area contributed by atoms with Gasteiger partial charge in [0.1, 0.15) is 5.69 Å². The Balaban J connectivity index is 1.57. The van der Waals surface area contributed by atoms with E-state index in [0.717, 1.165) is 42.1 Å². The number of aryl methyl sites for hydroxylation is 1. The molecule has 0 atom stereocenters. The summed E-state index contributed by atoms with van der Waals surface area (Å²) in [6, 6.07) is 9.17.